The van der Waals surface area contributed by atoms with E-state index in [9.17, 15) is 0 Å². The topological polar surface area (TPSA) is 51.0 Å². The molecule has 4 nitrogen and oxygen atoms in total. The van der Waals surface area contributed by atoms with E-state index in [4.69, 9.17) is 4.52 Å². The van der Waals surface area contributed by atoms with Gasteiger partial charge in [0.15, 0.2) is 5.82 Å². The molecule has 0 radical (unpaired) electrons. The van der Waals surface area contributed by atoms with Crippen molar-refractivity contribution >= 4 is 15.9 Å². The fourth-order valence-corrected chi connectivity index (χ4v) is 2.62. The van der Waals surface area contributed by atoms with Gasteiger partial charge in [-0.3, -0.25) is 0 Å². The highest BCUT2D eigenvalue weighted by Gasteiger charge is 2.21. The van der Waals surface area contributed by atoms with Crippen LogP contribution in [-0.4, -0.2) is 23.2 Å². The van der Waals surface area contributed by atoms with Crippen LogP contribution >= 0.6 is 15.9 Å². The number of piperidine rings is 1. The van der Waals surface area contributed by atoms with Crippen LogP contribution in [0.1, 0.15) is 36.0 Å². The van der Waals surface area contributed by atoms with E-state index in [0.717, 1.165) is 42.1 Å². The van der Waals surface area contributed by atoms with Crippen molar-refractivity contribution in [3.63, 3.8) is 0 Å². The van der Waals surface area contributed by atoms with Gasteiger partial charge in [-0.05, 0) is 37.1 Å². The van der Waals surface area contributed by atoms with E-state index in [1.165, 1.54) is 12.0 Å². The summed E-state index contributed by atoms with van der Waals surface area (Å²) in [6, 6.07) is 8.20. The van der Waals surface area contributed by atoms with Crippen molar-refractivity contribution in [2.24, 2.45) is 0 Å². The van der Waals surface area contributed by atoms with Gasteiger partial charge < -0.3 is 9.84 Å². The van der Waals surface area contributed by atoms with Gasteiger partial charge in [0.2, 0.25) is 5.89 Å². The molecule has 1 aromatic heterocycles. The fourth-order valence-electron chi connectivity index (χ4n) is 2.35. The van der Waals surface area contributed by atoms with Crippen molar-refractivity contribution in [1.29, 1.82) is 0 Å². The summed E-state index contributed by atoms with van der Waals surface area (Å²) in [6.07, 6.45) is 3.03. The van der Waals surface area contributed by atoms with Gasteiger partial charge >= 0.3 is 0 Å². The minimum atomic E-state index is 0.375. The number of rotatable bonds is 3. The van der Waals surface area contributed by atoms with E-state index in [2.05, 4.69) is 43.5 Å². The molecular formula is C14H16BrN3O. The SMILES string of the molecule is Brc1ccc(Cc2noc([C@@H]3CCCNC3)n2)cc1. The Kier molecular flexibility index (Phi) is 3.94. The van der Waals surface area contributed by atoms with Gasteiger partial charge in [-0.1, -0.05) is 33.2 Å². The first kappa shape index (κ1) is 12.8. The van der Waals surface area contributed by atoms with E-state index in [1.807, 2.05) is 12.1 Å². The van der Waals surface area contributed by atoms with Crippen LogP contribution in [-0.2, 0) is 6.42 Å². The second-order valence-electron chi connectivity index (χ2n) is 4.90. The number of nitrogens with zero attached hydrogens (tertiary/aromatic N) is 2. The van der Waals surface area contributed by atoms with Gasteiger partial charge in [-0.2, -0.15) is 4.98 Å². The molecule has 0 saturated carbocycles. The van der Waals surface area contributed by atoms with E-state index < -0.39 is 0 Å². The molecule has 0 bridgehead atoms. The van der Waals surface area contributed by atoms with Crippen LogP contribution in [0.2, 0.25) is 0 Å². The number of halogens is 1. The third-order valence-corrected chi connectivity index (χ3v) is 3.93. The molecule has 0 spiro atoms. The quantitative estimate of drug-likeness (QED) is 0.944. The minimum absolute atomic E-state index is 0.375. The Balaban J connectivity index is 1.68. The first-order chi connectivity index (χ1) is 9.31. The molecule has 2 aromatic rings. The van der Waals surface area contributed by atoms with Crippen LogP contribution in [0.3, 0.4) is 0 Å². The third kappa shape index (κ3) is 3.22. The largest absolute Gasteiger partial charge is 0.339 e. The number of hydrogen-bond acceptors (Lipinski definition) is 4. The van der Waals surface area contributed by atoms with E-state index >= 15 is 0 Å². The summed E-state index contributed by atoms with van der Waals surface area (Å²) in [4.78, 5) is 4.52. The zero-order valence-electron chi connectivity index (χ0n) is 10.6. The predicted octanol–water partition coefficient (Wildman–Crippen LogP) is 2.89. The average Bonchev–Trinajstić information content (AvgIpc) is 2.91. The summed E-state index contributed by atoms with van der Waals surface area (Å²) in [7, 11) is 0. The number of hydrogen-bond donors (Lipinski definition) is 1. The molecule has 0 amide bonds. The van der Waals surface area contributed by atoms with Crippen molar-refractivity contribution in [2.45, 2.75) is 25.2 Å². The Morgan fingerprint density at radius 1 is 1.32 bits per heavy atom. The average molecular weight is 322 g/mol. The van der Waals surface area contributed by atoms with E-state index in [-0.39, 0.29) is 0 Å². The molecule has 19 heavy (non-hydrogen) atoms. The molecule has 1 aliphatic rings. The summed E-state index contributed by atoms with van der Waals surface area (Å²) in [6.45, 7) is 2.04. The van der Waals surface area contributed by atoms with Crippen LogP contribution in [0.15, 0.2) is 33.3 Å². The summed E-state index contributed by atoms with van der Waals surface area (Å²) < 4.78 is 6.47. The Hall–Kier alpha value is -1.20. The maximum atomic E-state index is 5.39. The zero-order valence-corrected chi connectivity index (χ0v) is 12.2. The van der Waals surface area contributed by atoms with Crippen molar-refractivity contribution in [1.82, 2.24) is 15.5 Å². The standard InChI is InChI=1S/C14H16BrN3O/c15-12-5-3-10(4-6-12)8-13-17-14(19-18-13)11-2-1-7-16-9-11/h3-6,11,16H,1-2,7-9H2/t11-/m1/s1. The molecule has 0 aliphatic carbocycles. The fraction of sp³-hybridized carbons (Fsp3) is 0.429. The minimum Gasteiger partial charge on any atom is -0.339 e. The lowest BCUT2D eigenvalue weighted by Gasteiger charge is -2.18. The van der Waals surface area contributed by atoms with Gasteiger partial charge in [0.25, 0.3) is 0 Å². The molecule has 1 N–H and O–H groups in total. The van der Waals surface area contributed by atoms with Crippen molar-refractivity contribution in [3.05, 3.63) is 46.0 Å². The summed E-state index contributed by atoms with van der Waals surface area (Å²) in [5, 5.41) is 7.45. The summed E-state index contributed by atoms with van der Waals surface area (Å²) in [5.74, 6) is 1.92. The summed E-state index contributed by atoms with van der Waals surface area (Å²) >= 11 is 3.43. The lowest BCUT2D eigenvalue weighted by Crippen LogP contribution is -2.28. The molecule has 3 rings (SSSR count). The highest BCUT2D eigenvalue weighted by Crippen LogP contribution is 2.22. The molecule has 0 unspecified atom stereocenters. The Labute approximate surface area is 120 Å². The molecule has 1 aliphatic heterocycles. The maximum absolute atomic E-state index is 5.39. The van der Waals surface area contributed by atoms with Crippen LogP contribution in [0.25, 0.3) is 0 Å². The van der Waals surface area contributed by atoms with Crippen LogP contribution < -0.4 is 5.32 Å². The second kappa shape index (κ2) is 5.84. The van der Waals surface area contributed by atoms with Gasteiger partial charge in [0.1, 0.15) is 0 Å². The van der Waals surface area contributed by atoms with Crippen LogP contribution in [0, 0.1) is 0 Å². The van der Waals surface area contributed by atoms with Crippen molar-refractivity contribution in [2.75, 3.05) is 13.1 Å². The molecule has 1 atom stereocenters. The first-order valence-corrected chi connectivity index (χ1v) is 7.38. The van der Waals surface area contributed by atoms with Gasteiger partial charge in [0.05, 0.1) is 5.92 Å². The summed E-state index contributed by atoms with van der Waals surface area (Å²) in [5.41, 5.74) is 1.19. The highest BCUT2D eigenvalue weighted by molar-refractivity contribution is 9.10. The van der Waals surface area contributed by atoms with E-state index in [0.29, 0.717) is 5.92 Å². The highest BCUT2D eigenvalue weighted by atomic mass is 79.9. The molecular weight excluding hydrogens is 306 g/mol. The lowest BCUT2D eigenvalue weighted by molar-refractivity contribution is 0.320. The molecule has 5 heteroatoms. The third-order valence-electron chi connectivity index (χ3n) is 3.41. The van der Waals surface area contributed by atoms with E-state index in [1.54, 1.807) is 0 Å². The second-order valence-corrected chi connectivity index (χ2v) is 5.81. The van der Waals surface area contributed by atoms with Crippen molar-refractivity contribution < 1.29 is 4.52 Å². The molecule has 1 aromatic carbocycles. The van der Waals surface area contributed by atoms with Crippen LogP contribution in [0.5, 0.6) is 0 Å². The molecule has 100 valence electrons. The first-order valence-electron chi connectivity index (χ1n) is 6.59. The number of nitrogens with one attached hydrogen (secondary N) is 1. The normalized spacial score (nSPS) is 19.5. The Bertz CT molecular complexity index is 532. The Morgan fingerprint density at radius 2 is 2.16 bits per heavy atom. The predicted molar refractivity (Wildman–Crippen MR) is 76.1 cm³/mol. The van der Waals surface area contributed by atoms with Gasteiger partial charge in [-0.15, -0.1) is 0 Å². The van der Waals surface area contributed by atoms with Crippen molar-refractivity contribution in [3.8, 4) is 0 Å². The zero-order chi connectivity index (χ0) is 13.1. The number of aromatic nitrogens is 2. The molecule has 2 heterocycles. The van der Waals surface area contributed by atoms with Gasteiger partial charge in [0, 0.05) is 17.4 Å². The molecule has 1 fully saturated rings. The monoisotopic (exact) mass is 321 g/mol. The Morgan fingerprint density at radius 3 is 2.89 bits per heavy atom. The smallest absolute Gasteiger partial charge is 0.231 e. The molecule has 1 saturated heterocycles. The lowest BCUT2D eigenvalue weighted by atomic mass is 10.00. The number of benzene rings is 1. The maximum Gasteiger partial charge on any atom is 0.231 e. The van der Waals surface area contributed by atoms with Crippen LogP contribution in [0.4, 0.5) is 0 Å². The van der Waals surface area contributed by atoms with Gasteiger partial charge in [-0.25, -0.2) is 0 Å².